The van der Waals surface area contributed by atoms with Crippen molar-refractivity contribution >= 4 is 11.9 Å². The summed E-state index contributed by atoms with van der Waals surface area (Å²) in [5.41, 5.74) is 0.599. The monoisotopic (exact) mass is 277 g/mol. The third-order valence-corrected chi connectivity index (χ3v) is 3.39. The molecule has 1 N–H and O–H groups in total. The summed E-state index contributed by atoms with van der Waals surface area (Å²) in [6.07, 6.45) is 4.49. The quantitative estimate of drug-likeness (QED) is 0.835. The van der Waals surface area contributed by atoms with Crippen molar-refractivity contribution in [3.63, 3.8) is 0 Å². The topological polar surface area (TPSA) is 64.6 Å². The third kappa shape index (κ3) is 3.98. The molecule has 1 aliphatic carbocycles. The summed E-state index contributed by atoms with van der Waals surface area (Å²) in [5.74, 6) is 0.0392. The van der Waals surface area contributed by atoms with E-state index in [1.54, 1.807) is 24.3 Å². The van der Waals surface area contributed by atoms with Crippen molar-refractivity contribution < 1.29 is 19.1 Å². The van der Waals surface area contributed by atoms with Crippen molar-refractivity contribution in [2.24, 2.45) is 0 Å². The lowest BCUT2D eigenvalue weighted by molar-refractivity contribution is -0.142. The number of nitrogens with one attached hydrogen (secondary N) is 1. The molecule has 1 saturated carbocycles. The first-order valence-electron chi connectivity index (χ1n) is 6.79. The first kappa shape index (κ1) is 14.4. The summed E-state index contributed by atoms with van der Waals surface area (Å²) in [6.45, 7) is -0.135. The number of hydrogen-bond acceptors (Lipinski definition) is 4. The fourth-order valence-corrected chi connectivity index (χ4v) is 2.24. The molecule has 20 heavy (non-hydrogen) atoms. The van der Waals surface area contributed by atoms with E-state index in [2.05, 4.69) is 10.1 Å². The van der Waals surface area contributed by atoms with Gasteiger partial charge in [-0.3, -0.25) is 4.79 Å². The lowest BCUT2D eigenvalue weighted by Crippen LogP contribution is -2.32. The minimum absolute atomic E-state index is 0.0589. The van der Waals surface area contributed by atoms with Crippen LogP contribution < -0.4 is 10.1 Å². The maximum atomic E-state index is 12.0. The molecule has 1 amide bonds. The fourth-order valence-electron chi connectivity index (χ4n) is 2.24. The standard InChI is InChI=1S/C15H19NO4/c1-19-14(17)10-20-13-8-6-11(7-9-13)15(18)16-12-4-2-3-5-12/h6-9,12H,2-5,10H2,1H3,(H,16,18). The van der Waals surface area contributed by atoms with Crippen molar-refractivity contribution in [1.82, 2.24) is 5.32 Å². The van der Waals surface area contributed by atoms with E-state index in [9.17, 15) is 9.59 Å². The molecule has 108 valence electrons. The molecule has 1 aromatic rings. The van der Waals surface area contributed by atoms with Crippen molar-refractivity contribution in [2.75, 3.05) is 13.7 Å². The second-order valence-corrected chi connectivity index (χ2v) is 4.84. The third-order valence-electron chi connectivity index (χ3n) is 3.39. The molecule has 0 heterocycles. The molecule has 1 fully saturated rings. The maximum Gasteiger partial charge on any atom is 0.343 e. The van der Waals surface area contributed by atoms with E-state index in [0.29, 0.717) is 17.4 Å². The van der Waals surface area contributed by atoms with Gasteiger partial charge in [0.15, 0.2) is 6.61 Å². The highest BCUT2D eigenvalue weighted by atomic mass is 16.6. The number of carbonyl (C=O) groups is 2. The van der Waals surface area contributed by atoms with Gasteiger partial charge in [-0.15, -0.1) is 0 Å². The van der Waals surface area contributed by atoms with Crippen LogP contribution in [-0.2, 0) is 9.53 Å². The van der Waals surface area contributed by atoms with Crippen LogP contribution in [0.5, 0.6) is 5.75 Å². The average molecular weight is 277 g/mol. The number of hydrogen-bond donors (Lipinski definition) is 1. The van der Waals surface area contributed by atoms with Crippen molar-refractivity contribution in [1.29, 1.82) is 0 Å². The van der Waals surface area contributed by atoms with Crippen LogP contribution in [0.4, 0.5) is 0 Å². The van der Waals surface area contributed by atoms with Crippen LogP contribution in [0.2, 0.25) is 0 Å². The van der Waals surface area contributed by atoms with E-state index in [1.807, 2.05) is 0 Å². The summed E-state index contributed by atoms with van der Waals surface area (Å²) in [7, 11) is 1.31. The van der Waals surface area contributed by atoms with Gasteiger partial charge in [-0.1, -0.05) is 12.8 Å². The van der Waals surface area contributed by atoms with Gasteiger partial charge in [0.25, 0.3) is 5.91 Å². The summed E-state index contributed by atoms with van der Waals surface area (Å²) in [5, 5.41) is 3.02. The van der Waals surface area contributed by atoms with Gasteiger partial charge in [-0.2, -0.15) is 0 Å². The van der Waals surface area contributed by atoms with E-state index < -0.39 is 5.97 Å². The summed E-state index contributed by atoms with van der Waals surface area (Å²) in [4.78, 5) is 22.9. The second-order valence-electron chi connectivity index (χ2n) is 4.84. The predicted octanol–water partition coefficient (Wildman–Crippen LogP) is 1.91. The van der Waals surface area contributed by atoms with Crippen molar-refractivity contribution in [3.8, 4) is 5.75 Å². The van der Waals surface area contributed by atoms with E-state index in [-0.39, 0.29) is 12.5 Å². The molecule has 0 saturated heterocycles. The van der Waals surface area contributed by atoms with Crippen LogP contribution in [0.1, 0.15) is 36.0 Å². The molecule has 0 unspecified atom stereocenters. The number of amides is 1. The number of benzene rings is 1. The molecule has 0 atom stereocenters. The number of rotatable bonds is 5. The van der Waals surface area contributed by atoms with Crippen molar-refractivity contribution in [2.45, 2.75) is 31.7 Å². The molecule has 0 bridgehead atoms. The van der Waals surface area contributed by atoms with Gasteiger partial charge >= 0.3 is 5.97 Å². The minimum atomic E-state index is -0.437. The number of carbonyl (C=O) groups excluding carboxylic acids is 2. The zero-order valence-electron chi connectivity index (χ0n) is 11.6. The zero-order valence-corrected chi connectivity index (χ0v) is 11.6. The van der Waals surface area contributed by atoms with E-state index in [4.69, 9.17) is 4.74 Å². The Balaban J connectivity index is 1.86. The van der Waals surface area contributed by atoms with Gasteiger partial charge in [0, 0.05) is 11.6 Å². The average Bonchev–Trinajstić information content (AvgIpc) is 2.98. The molecule has 0 radical (unpaired) electrons. The Labute approximate surface area is 118 Å². The fraction of sp³-hybridized carbons (Fsp3) is 0.467. The van der Waals surface area contributed by atoms with Crippen LogP contribution in [0.25, 0.3) is 0 Å². The van der Waals surface area contributed by atoms with Gasteiger partial charge in [-0.05, 0) is 37.1 Å². The molecule has 1 aromatic carbocycles. The first-order chi connectivity index (χ1) is 9.69. The highest BCUT2D eigenvalue weighted by Crippen LogP contribution is 2.18. The molecule has 2 rings (SSSR count). The Morgan fingerprint density at radius 1 is 1.20 bits per heavy atom. The Bertz CT molecular complexity index is 463. The molecule has 0 aliphatic heterocycles. The van der Waals surface area contributed by atoms with Gasteiger partial charge in [0.2, 0.25) is 0 Å². The van der Waals surface area contributed by atoms with Crippen LogP contribution >= 0.6 is 0 Å². The summed E-state index contributed by atoms with van der Waals surface area (Å²) in [6, 6.07) is 7.03. The van der Waals surface area contributed by atoms with Gasteiger partial charge in [-0.25, -0.2) is 4.79 Å². The molecule has 5 nitrogen and oxygen atoms in total. The maximum absolute atomic E-state index is 12.0. The minimum Gasteiger partial charge on any atom is -0.482 e. The predicted molar refractivity (Wildman–Crippen MR) is 73.7 cm³/mol. The molecule has 5 heteroatoms. The van der Waals surface area contributed by atoms with Gasteiger partial charge in [0.1, 0.15) is 5.75 Å². The Kier molecular flexibility index (Phi) is 4.98. The zero-order chi connectivity index (χ0) is 14.4. The smallest absolute Gasteiger partial charge is 0.343 e. The molecule has 0 aromatic heterocycles. The Morgan fingerprint density at radius 2 is 1.85 bits per heavy atom. The van der Waals surface area contributed by atoms with Crippen LogP contribution in [0.3, 0.4) is 0 Å². The van der Waals surface area contributed by atoms with E-state index >= 15 is 0 Å². The van der Waals surface area contributed by atoms with E-state index in [1.165, 1.54) is 20.0 Å². The van der Waals surface area contributed by atoms with Gasteiger partial charge in [0.05, 0.1) is 7.11 Å². The number of esters is 1. The Morgan fingerprint density at radius 3 is 2.45 bits per heavy atom. The largest absolute Gasteiger partial charge is 0.482 e. The Hall–Kier alpha value is -2.04. The summed E-state index contributed by atoms with van der Waals surface area (Å²) >= 11 is 0. The number of ether oxygens (including phenoxy) is 2. The van der Waals surface area contributed by atoms with Crippen LogP contribution in [0.15, 0.2) is 24.3 Å². The molecular formula is C15H19NO4. The van der Waals surface area contributed by atoms with Crippen molar-refractivity contribution in [3.05, 3.63) is 29.8 Å². The number of methoxy groups -OCH3 is 1. The van der Waals surface area contributed by atoms with Crippen LogP contribution in [0, 0.1) is 0 Å². The second kappa shape index (κ2) is 6.93. The SMILES string of the molecule is COC(=O)COc1ccc(C(=O)NC2CCCC2)cc1. The lowest BCUT2D eigenvalue weighted by atomic mass is 10.1. The lowest BCUT2D eigenvalue weighted by Gasteiger charge is -2.12. The highest BCUT2D eigenvalue weighted by molar-refractivity contribution is 5.94. The molecule has 0 spiro atoms. The molecular weight excluding hydrogens is 258 g/mol. The highest BCUT2D eigenvalue weighted by Gasteiger charge is 2.17. The summed E-state index contributed by atoms with van der Waals surface area (Å²) < 4.78 is 9.70. The normalized spacial score (nSPS) is 14.8. The van der Waals surface area contributed by atoms with E-state index in [0.717, 1.165) is 12.8 Å². The van der Waals surface area contributed by atoms with Gasteiger partial charge < -0.3 is 14.8 Å². The molecule has 1 aliphatic rings. The van der Waals surface area contributed by atoms with Crippen LogP contribution in [-0.4, -0.2) is 31.6 Å². The first-order valence-corrected chi connectivity index (χ1v) is 6.79.